The van der Waals surface area contributed by atoms with Crippen molar-refractivity contribution >= 4 is 32.5 Å². The molecule has 2 aromatic heterocycles. The molecule has 0 bridgehead atoms. The van der Waals surface area contributed by atoms with E-state index in [-0.39, 0.29) is 24.6 Å². The highest BCUT2D eigenvalue weighted by atomic mass is 35.5. The van der Waals surface area contributed by atoms with Gasteiger partial charge in [-0.15, -0.1) is 0 Å². The van der Waals surface area contributed by atoms with E-state index in [9.17, 15) is 8.42 Å². The highest BCUT2D eigenvalue weighted by Crippen LogP contribution is 2.25. The maximum Gasteiger partial charge on any atom is 0.243 e. The second kappa shape index (κ2) is 8.31. The lowest BCUT2D eigenvalue weighted by Gasteiger charge is -2.22. The van der Waals surface area contributed by atoms with Crippen molar-refractivity contribution < 1.29 is 13.5 Å². The largest absolute Gasteiger partial charge is 0.396 e. The van der Waals surface area contributed by atoms with Gasteiger partial charge in [-0.1, -0.05) is 17.7 Å². The molecule has 6 nitrogen and oxygen atoms in total. The molecule has 0 saturated carbocycles. The first-order valence-corrected chi connectivity index (χ1v) is 10.3. The lowest BCUT2D eigenvalue weighted by molar-refractivity contribution is 0.267. The van der Waals surface area contributed by atoms with Crippen LogP contribution in [0.4, 0.5) is 0 Å². The fourth-order valence-electron chi connectivity index (χ4n) is 2.77. The van der Waals surface area contributed by atoms with E-state index in [1.54, 1.807) is 30.6 Å². The Balaban J connectivity index is 1.99. The van der Waals surface area contributed by atoms with Gasteiger partial charge in [-0.2, -0.15) is 4.31 Å². The van der Waals surface area contributed by atoms with Gasteiger partial charge in [0, 0.05) is 37.5 Å². The molecule has 2 heterocycles. The molecule has 1 N–H and O–H groups in total. The summed E-state index contributed by atoms with van der Waals surface area (Å²) in [4.78, 5) is 8.50. The molecule has 27 heavy (non-hydrogen) atoms. The Hall–Kier alpha value is -2.06. The van der Waals surface area contributed by atoms with Crippen LogP contribution in [0.1, 0.15) is 17.5 Å². The van der Waals surface area contributed by atoms with Gasteiger partial charge in [0.15, 0.2) is 0 Å². The molecule has 0 unspecified atom stereocenters. The Morgan fingerprint density at radius 1 is 1.22 bits per heavy atom. The zero-order valence-electron chi connectivity index (χ0n) is 14.8. The van der Waals surface area contributed by atoms with E-state index in [1.807, 2.05) is 19.1 Å². The van der Waals surface area contributed by atoms with E-state index in [1.165, 1.54) is 10.4 Å². The summed E-state index contributed by atoms with van der Waals surface area (Å²) in [6.45, 7) is 2.14. The molecule has 0 spiro atoms. The van der Waals surface area contributed by atoms with Crippen LogP contribution in [0.25, 0.3) is 10.9 Å². The van der Waals surface area contributed by atoms with Crippen molar-refractivity contribution in [1.82, 2.24) is 14.3 Å². The number of benzene rings is 1. The fourth-order valence-corrected chi connectivity index (χ4v) is 4.42. The van der Waals surface area contributed by atoms with Gasteiger partial charge in [0.1, 0.15) is 5.15 Å². The number of halogens is 1. The monoisotopic (exact) mass is 405 g/mol. The minimum absolute atomic E-state index is 0.0849. The summed E-state index contributed by atoms with van der Waals surface area (Å²) in [6.07, 6.45) is 3.63. The van der Waals surface area contributed by atoms with Crippen LogP contribution >= 0.6 is 11.6 Å². The van der Waals surface area contributed by atoms with Crippen LogP contribution in [0.5, 0.6) is 0 Å². The molecule has 3 aromatic rings. The van der Waals surface area contributed by atoms with Gasteiger partial charge in [0.05, 0.1) is 10.4 Å². The molecule has 0 fully saturated rings. The first-order valence-electron chi connectivity index (χ1n) is 8.48. The van der Waals surface area contributed by atoms with Gasteiger partial charge >= 0.3 is 0 Å². The number of nitrogens with zero attached hydrogens (tertiary/aromatic N) is 3. The van der Waals surface area contributed by atoms with Crippen LogP contribution in [0.3, 0.4) is 0 Å². The second-order valence-corrected chi connectivity index (χ2v) is 8.52. The highest BCUT2D eigenvalue weighted by Gasteiger charge is 2.25. The van der Waals surface area contributed by atoms with Gasteiger partial charge in [-0.3, -0.25) is 4.98 Å². The number of fused-ring (bicyclic) bond motifs is 1. The van der Waals surface area contributed by atoms with Gasteiger partial charge in [0.25, 0.3) is 0 Å². The minimum atomic E-state index is -3.75. The summed E-state index contributed by atoms with van der Waals surface area (Å²) >= 11 is 6.05. The third kappa shape index (κ3) is 4.44. The van der Waals surface area contributed by atoms with Crippen molar-refractivity contribution in [3.63, 3.8) is 0 Å². The van der Waals surface area contributed by atoms with Crippen molar-refractivity contribution in [1.29, 1.82) is 0 Å². The second-order valence-electron chi connectivity index (χ2n) is 6.23. The predicted octanol–water partition coefficient (Wildman–Crippen LogP) is 3.16. The third-order valence-corrected chi connectivity index (χ3v) is 6.42. The van der Waals surface area contributed by atoms with Gasteiger partial charge in [-0.25, -0.2) is 13.4 Å². The average molecular weight is 406 g/mol. The summed E-state index contributed by atoms with van der Waals surface area (Å²) in [5.41, 5.74) is 2.20. The number of aliphatic hydroxyl groups excluding tert-OH is 1. The van der Waals surface area contributed by atoms with Crippen LogP contribution < -0.4 is 0 Å². The SMILES string of the molecule is Cc1cc2cc(S(=O)(=O)N(CCCO)Cc3cccnc3)ccc2nc1Cl. The lowest BCUT2D eigenvalue weighted by Crippen LogP contribution is -2.32. The first-order chi connectivity index (χ1) is 12.9. The molecule has 1 aromatic carbocycles. The van der Waals surface area contributed by atoms with Gasteiger partial charge < -0.3 is 5.11 Å². The standard InChI is InChI=1S/C19H20ClN3O3S/c1-14-10-16-11-17(5-6-18(16)22-19(14)20)27(25,26)23(8-3-9-24)13-15-4-2-7-21-12-15/h2,4-7,10-12,24H,3,8-9,13H2,1H3. The van der Waals surface area contributed by atoms with Crippen molar-refractivity contribution in [2.75, 3.05) is 13.2 Å². The predicted molar refractivity (Wildman–Crippen MR) is 105 cm³/mol. The van der Waals surface area contributed by atoms with Gasteiger partial charge in [-0.05, 0) is 54.8 Å². The number of pyridine rings is 2. The molecular formula is C19H20ClN3O3S. The van der Waals surface area contributed by atoms with Crippen LogP contribution in [0.2, 0.25) is 5.15 Å². The highest BCUT2D eigenvalue weighted by molar-refractivity contribution is 7.89. The van der Waals surface area contributed by atoms with Crippen LogP contribution in [-0.2, 0) is 16.6 Å². The summed E-state index contributed by atoms with van der Waals surface area (Å²) < 4.78 is 27.8. The zero-order valence-corrected chi connectivity index (χ0v) is 16.4. The number of aliphatic hydroxyl groups is 1. The van der Waals surface area contributed by atoms with Crippen LogP contribution in [0.15, 0.2) is 53.7 Å². The Morgan fingerprint density at radius 3 is 2.74 bits per heavy atom. The van der Waals surface area contributed by atoms with E-state index in [0.29, 0.717) is 22.5 Å². The van der Waals surface area contributed by atoms with Crippen molar-refractivity contribution in [2.45, 2.75) is 24.8 Å². The summed E-state index contributed by atoms with van der Waals surface area (Å²) in [6, 6.07) is 10.2. The molecule has 3 rings (SSSR count). The topological polar surface area (TPSA) is 83.4 Å². The molecule has 8 heteroatoms. The van der Waals surface area contributed by atoms with E-state index in [2.05, 4.69) is 9.97 Å². The molecule has 0 saturated heterocycles. The molecule has 0 atom stereocenters. The smallest absolute Gasteiger partial charge is 0.243 e. The molecule has 142 valence electrons. The Kier molecular flexibility index (Phi) is 6.06. The van der Waals surface area contributed by atoms with E-state index in [0.717, 1.165) is 11.1 Å². The first kappa shape index (κ1) is 19.7. The lowest BCUT2D eigenvalue weighted by atomic mass is 10.2. The fraction of sp³-hybridized carbons (Fsp3) is 0.263. The van der Waals surface area contributed by atoms with Crippen LogP contribution in [0, 0.1) is 6.92 Å². The molecule has 0 radical (unpaired) electrons. The molecule has 0 amide bonds. The Morgan fingerprint density at radius 2 is 2.04 bits per heavy atom. The molecule has 0 aliphatic heterocycles. The van der Waals surface area contributed by atoms with E-state index in [4.69, 9.17) is 16.7 Å². The van der Waals surface area contributed by atoms with Gasteiger partial charge in [0.2, 0.25) is 10.0 Å². The number of aromatic nitrogens is 2. The van der Waals surface area contributed by atoms with Crippen LogP contribution in [-0.4, -0.2) is 40.9 Å². The Labute approximate surface area is 163 Å². The normalized spacial score (nSPS) is 12.0. The molecule has 0 aliphatic rings. The maximum absolute atomic E-state index is 13.2. The Bertz CT molecular complexity index is 1040. The van der Waals surface area contributed by atoms with E-state index >= 15 is 0 Å². The third-order valence-electron chi connectivity index (χ3n) is 4.20. The zero-order chi connectivity index (χ0) is 19.4. The number of hydrogen-bond donors (Lipinski definition) is 1. The number of hydrogen-bond acceptors (Lipinski definition) is 5. The number of aryl methyl sites for hydroxylation is 1. The van der Waals surface area contributed by atoms with Crippen molar-refractivity contribution in [3.05, 3.63) is 65.1 Å². The minimum Gasteiger partial charge on any atom is -0.396 e. The number of sulfonamides is 1. The summed E-state index contributed by atoms with van der Waals surface area (Å²) in [5, 5.41) is 10.3. The number of rotatable bonds is 7. The van der Waals surface area contributed by atoms with Crippen molar-refractivity contribution in [2.24, 2.45) is 0 Å². The summed E-state index contributed by atoms with van der Waals surface area (Å²) in [7, 11) is -3.75. The molecule has 0 aliphatic carbocycles. The quantitative estimate of drug-likeness (QED) is 0.610. The maximum atomic E-state index is 13.2. The van der Waals surface area contributed by atoms with Crippen molar-refractivity contribution in [3.8, 4) is 0 Å². The average Bonchev–Trinajstić information content (AvgIpc) is 2.66. The molecular weight excluding hydrogens is 386 g/mol. The van der Waals surface area contributed by atoms with E-state index < -0.39 is 10.0 Å². The summed E-state index contributed by atoms with van der Waals surface area (Å²) in [5.74, 6) is 0.